The van der Waals surface area contributed by atoms with Crippen molar-refractivity contribution in [2.75, 3.05) is 13.1 Å². The fraction of sp³-hybridized carbons (Fsp3) is 0.320. The zero-order valence-electron chi connectivity index (χ0n) is 19.7. The van der Waals surface area contributed by atoms with Crippen molar-refractivity contribution >= 4 is 40.3 Å². The number of H-pyrrole nitrogens is 1. The number of alkyl halides is 3. The zero-order chi connectivity index (χ0) is 27.2. The number of fused-ring (bicyclic) bond motifs is 1. The van der Waals surface area contributed by atoms with E-state index in [4.69, 9.17) is 11.6 Å². The number of aromatic nitrogens is 1. The molecule has 3 aromatic rings. The van der Waals surface area contributed by atoms with Gasteiger partial charge in [-0.3, -0.25) is 9.59 Å². The molecule has 0 aliphatic heterocycles. The fourth-order valence-electron chi connectivity index (χ4n) is 3.64. The molecule has 4 N–H and O–H groups in total. The molecular formula is C25H25ClF3N3O5. The lowest BCUT2D eigenvalue weighted by Gasteiger charge is -2.17. The highest BCUT2D eigenvalue weighted by molar-refractivity contribution is 6.30. The van der Waals surface area contributed by atoms with Gasteiger partial charge in [0.25, 0.3) is 5.91 Å². The van der Waals surface area contributed by atoms with E-state index in [9.17, 15) is 32.7 Å². The maximum absolute atomic E-state index is 12.4. The molecular weight excluding hydrogens is 515 g/mol. The van der Waals surface area contributed by atoms with Crippen molar-refractivity contribution in [3.05, 3.63) is 70.4 Å². The quantitative estimate of drug-likeness (QED) is 0.230. The summed E-state index contributed by atoms with van der Waals surface area (Å²) in [6, 6.07) is 12.0. The summed E-state index contributed by atoms with van der Waals surface area (Å²) in [5.74, 6) is -4.54. The predicted octanol–water partition coefficient (Wildman–Crippen LogP) is 3.83. The van der Waals surface area contributed by atoms with Gasteiger partial charge in [0.15, 0.2) is 0 Å². The lowest BCUT2D eigenvalue weighted by atomic mass is 10.0. The van der Waals surface area contributed by atoms with Crippen LogP contribution in [0.25, 0.3) is 10.9 Å². The van der Waals surface area contributed by atoms with Crippen LogP contribution in [-0.4, -0.2) is 53.2 Å². The van der Waals surface area contributed by atoms with Gasteiger partial charge in [-0.05, 0) is 48.7 Å². The number of aliphatic hydroxyl groups is 1. The van der Waals surface area contributed by atoms with Gasteiger partial charge in [0.05, 0.1) is 12.5 Å². The Morgan fingerprint density at radius 2 is 1.92 bits per heavy atom. The van der Waals surface area contributed by atoms with Crippen LogP contribution in [0.3, 0.4) is 0 Å². The molecule has 37 heavy (non-hydrogen) atoms. The van der Waals surface area contributed by atoms with Crippen LogP contribution in [0.15, 0.2) is 48.7 Å². The summed E-state index contributed by atoms with van der Waals surface area (Å²) in [5, 5.41) is 17.5. The van der Waals surface area contributed by atoms with Crippen molar-refractivity contribution in [1.29, 1.82) is 0 Å². The van der Waals surface area contributed by atoms with Gasteiger partial charge < -0.3 is 25.5 Å². The third-order valence-electron chi connectivity index (χ3n) is 5.50. The minimum absolute atomic E-state index is 0.0276. The zero-order valence-corrected chi connectivity index (χ0v) is 20.4. The van der Waals surface area contributed by atoms with E-state index < -0.39 is 36.5 Å². The Balaban J connectivity index is 1.50. The van der Waals surface area contributed by atoms with E-state index in [0.29, 0.717) is 23.5 Å². The maximum Gasteiger partial charge on any atom is 0.491 e. The van der Waals surface area contributed by atoms with Crippen molar-refractivity contribution in [1.82, 2.24) is 15.6 Å². The number of benzene rings is 2. The number of halogens is 4. The van der Waals surface area contributed by atoms with Crippen molar-refractivity contribution in [2.24, 2.45) is 0 Å². The van der Waals surface area contributed by atoms with Gasteiger partial charge in [-0.1, -0.05) is 29.8 Å². The van der Waals surface area contributed by atoms with Crippen LogP contribution >= 0.6 is 11.6 Å². The van der Waals surface area contributed by atoms with Crippen LogP contribution in [0.2, 0.25) is 5.02 Å². The standard InChI is InChI=1S/C25H25ClF3N3O5/c1-14(31-13-21(33)15-3-2-4-18(26)10-15)9-17-12-32-20-11-16(5-6-19(17)20)23(35)30-8-7-22(34)37-24(36)25(27,28)29/h2-6,10-12,14,21,31-33H,7-9,13H2,1H3,(H,30,35)/t14-,21-/m1/s1. The molecule has 2 atom stereocenters. The Morgan fingerprint density at radius 3 is 2.62 bits per heavy atom. The van der Waals surface area contributed by atoms with E-state index in [1.54, 1.807) is 42.5 Å². The second-order valence-electron chi connectivity index (χ2n) is 8.42. The molecule has 0 radical (unpaired) electrons. The topological polar surface area (TPSA) is 121 Å². The lowest BCUT2D eigenvalue weighted by Crippen LogP contribution is -2.32. The number of carbonyl (C=O) groups excluding carboxylic acids is 3. The first-order valence-electron chi connectivity index (χ1n) is 11.3. The highest BCUT2D eigenvalue weighted by atomic mass is 35.5. The Morgan fingerprint density at radius 1 is 1.16 bits per heavy atom. The van der Waals surface area contributed by atoms with Crippen LogP contribution in [0.5, 0.6) is 0 Å². The molecule has 8 nitrogen and oxygen atoms in total. The number of carbonyl (C=O) groups is 3. The van der Waals surface area contributed by atoms with E-state index in [0.717, 1.165) is 16.5 Å². The summed E-state index contributed by atoms with van der Waals surface area (Å²) in [7, 11) is 0. The number of amides is 1. The summed E-state index contributed by atoms with van der Waals surface area (Å²) in [4.78, 5) is 37.4. The maximum atomic E-state index is 12.4. The number of hydrogen-bond donors (Lipinski definition) is 4. The summed E-state index contributed by atoms with van der Waals surface area (Å²) in [5.41, 5.74) is 2.69. The Kier molecular flexibility index (Phi) is 9.30. The van der Waals surface area contributed by atoms with Gasteiger partial charge in [-0.25, -0.2) is 4.79 Å². The summed E-state index contributed by atoms with van der Waals surface area (Å²) >= 11 is 5.98. The molecule has 0 saturated carbocycles. The second-order valence-corrected chi connectivity index (χ2v) is 8.86. The molecule has 0 aliphatic carbocycles. The van der Waals surface area contributed by atoms with Crippen LogP contribution in [0, 0.1) is 0 Å². The third kappa shape index (κ3) is 8.04. The molecule has 0 spiro atoms. The van der Waals surface area contributed by atoms with Gasteiger partial charge in [0.2, 0.25) is 0 Å². The second kappa shape index (κ2) is 12.2. The first-order valence-corrected chi connectivity index (χ1v) is 11.7. The highest BCUT2D eigenvalue weighted by Crippen LogP contribution is 2.22. The highest BCUT2D eigenvalue weighted by Gasteiger charge is 2.42. The molecule has 0 saturated heterocycles. The fourth-order valence-corrected chi connectivity index (χ4v) is 3.83. The average molecular weight is 540 g/mol. The van der Waals surface area contributed by atoms with Gasteiger partial charge in [-0.15, -0.1) is 0 Å². The van der Waals surface area contributed by atoms with E-state index in [2.05, 4.69) is 20.4 Å². The predicted molar refractivity (Wildman–Crippen MR) is 130 cm³/mol. The summed E-state index contributed by atoms with van der Waals surface area (Å²) in [6.07, 6.45) is -4.11. The van der Waals surface area contributed by atoms with E-state index in [1.165, 1.54) is 0 Å². The van der Waals surface area contributed by atoms with Gasteiger partial charge in [0, 0.05) is 46.8 Å². The molecule has 1 heterocycles. The van der Waals surface area contributed by atoms with Gasteiger partial charge in [0.1, 0.15) is 0 Å². The molecule has 198 valence electrons. The minimum Gasteiger partial charge on any atom is -0.387 e. The number of aliphatic hydroxyl groups excluding tert-OH is 1. The average Bonchev–Trinajstić information content (AvgIpc) is 3.23. The minimum atomic E-state index is -5.27. The first kappa shape index (κ1) is 28.2. The Bertz CT molecular complexity index is 1280. The Hall–Kier alpha value is -3.41. The number of rotatable bonds is 10. The molecule has 0 fully saturated rings. The third-order valence-corrected chi connectivity index (χ3v) is 5.74. The molecule has 1 amide bonds. The van der Waals surface area contributed by atoms with Crippen LogP contribution < -0.4 is 10.6 Å². The molecule has 0 bridgehead atoms. The molecule has 0 unspecified atom stereocenters. The lowest BCUT2D eigenvalue weighted by molar-refractivity contribution is -0.201. The van der Waals surface area contributed by atoms with E-state index in [1.807, 2.05) is 13.1 Å². The van der Waals surface area contributed by atoms with E-state index in [-0.39, 0.29) is 18.2 Å². The molecule has 1 aromatic heterocycles. The van der Waals surface area contributed by atoms with Crippen molar-refractivity contribution < 1.29 is 37.4 Å². The van der Waals surface area contributed by atoms with Gasteiger partial charge >= 0.3 is 18.1 Å². The largest absolute Gasteiger partial charge is 0.491 e. The van der Waals surface area contributed by atoms with Gasteiger partial charge in [-0.2, -0.15) is 13.2 Å². The summed E-state index contributed by atoms with van der Waals surface area (Å²) < 4.78 is 40.0. The van der Waals surface area contributed by atoms with Crippen molar-refractivity contribution in [3.63, 3.8) is 0 Å². The first-order chi connectivity index (χ1) is 17.4. The number of ether oxygens (including phenoxy) is 1. The van der Waals surface area contributed by atoms with Crippen LogP contribution in [-0.2, 0) is 20.7 Å². The molecule has 0 aliphatic rings. The van der Waals surface area contributed by atoms with Crippen molar-refractivity contribution in [3.8, 4) is 0 Å². The monoisotopic (exact) mass is 539 g/mol. The summed E-state index contributed by atoms with van der Waals surface area (Å²) in [6.45, 7) is 2.02. The number of hydrogen-bond acceptors (Lipinski definition) is 6. The normalized spacial score (nSPS) is 13.2. The smallest absolute Gasteiger partial charge is 0.387 e. The van der Waals surface area contributed by atoms with E-state index >= 15 is 0 Å². The number of esters is 2. The molecule has 12 heteroatoms. The Labute approximate surface area is 215 Å². The van der Waals surface area contributed by atoms with Crippen molar-refractivity contribution in [2.45, 2.75) is 38.1 Å². The van der Waals surface area contributed by atoms with Crippen LogP contribution in [0.1, 0.15) is 40.9 Å². The number of nitrogens with one attached hydrogen (secondary N) is 3. The SMILES string of the molecule is C[C@H](Cc1c[nH]c2cc(C(=O)NCCC(=O)OC(=O)C(F)(F)F)ccc12)NC[C@@H](O)c1cccc(Cl)c1. The molecule has 2 aromatic carbocycles. The molecule has 3 rings (SSSR count). The number of aromatic amines is 1. The van der Waals surface area contributed by atoms with Crippen LogP contribution in [0.4, 0.5) is 13.2 Å².